The summed E-state index contributed by atoms with van der Waals surface area (Å²) in [7, 11) is 3.00. The van der Waals surface area contributed by atoms with Crippen molar-refractivity contribution in [1.29, 1.82) is 0 Å². The highest BCUT2D eigenvalue weighted by Crippen LogP contribution is 2.62. The molecule has 226 valence electrons. The molecule has 41 heavy (non-hydrogen) atoms. The van der Waals surface area contributed by atoms with E-state index in [0.29, 0.717) is 23.7 Å². The highest BCUT2D eigenvalue weighted by atomic mass is 32.1. The Bertz CT molecular complexity index is 1210. The second-order valence-electron chi connectivity index (χ2n) is 12.1. The lowest BCUT2D eigenvalue weighted by Crippen LogP contribution is -2.32. The zero-order valence-corrected chi connectivity index (χ0v) is 25.6. The molecule has 3 aliphatic carbocycles. The molecular weight excluding hydrogens is 544 g/mol. The van der Waals surface area contributed by atoms with Crippen LogP contribution in [0, 0.1) is 23.7 Å². The number of fused-ring (bicyclic) bond motifs is 8. The summed E-state index contributed by atoms with van der Waals surface area (Å²) in [6.45, 7) is 5.78. The Kier molecular flexibility index (Phi) is 9.11. The molecule has 1 aliphatic heterocycles. The Morgan fingerprint density at radius 2 is 1.95 bits per heavy atom. The van der Waals surface area contributed by atoms with E-state index in [1.807, 2.05) is 6.92 Å². The van der Waals surface area contributed by atoms with Crippen LogP contribution in [0.4, 0.5) is 5.13 Å². The zero-order valence-electron chi connectivity index (χ0n) is 24.8. The van der Waals surface area contributed by atoms with Crippen molar-refractivity contribution in [3.05, 3.63) is 33.7 Å². The Hall–Kier alpha value is -2.43. The summed E-state index contributed by atoms with van der Waals surface area (Å²) in [5, 5.41) is 11.3. The zero-order chi connectivity index (χ0) is 29.4. The molecule has 5 rings (SSSR count). The number of aliphatic hydroxyl groups excluding tert-OH is 1. The topological polar surface area (TPSA) is 130 Å². The number of Topliss-reactive ketones (excluding diaryl/α,β-unsaturated/α-hetero) is 1. The molecule has 0 radical (unpaired) electrons. The predicted octanol–water partition coefficient (Wildman–Crippen LogP) is 5.21. The van der Waals surface area contributed by atoms with Crippen LogP contribution in [0.1, 0.15) is 94.5 Å². The maximum atomic E-state index is 13.9. The molecule has 0 aromatic carbocycles. The van der Waals surface area contributed by atoms with Crippen molar-refractivity contribution in [2.24, 2.45) is 23.7 Å². The molecule has 0 amide bonds. The van der Waals surface area contributed by atoms with Crippen LogP contribution in [0.5, 0.6) is 0 Å². The molecule has 3 N–H and O–H groups in total. The van der Waals surface area contributed by atoms with E-state index in [1.54, 1.807) is 6.92 Å². The Labute approximate surface area is 246 Å². The first-order valence-electron chi connectivity index (χ1n) is 15.0. The number of ketones is 1. The normalized spacial score (nSPS) is 34.9. The van der Waals surface area contributed by atoms with Gasteiger partial charge in [-0.1, -0.05) is 26.3 Å². The maximum absolute atomic E-state index is 13.9. The Morgan fingerprint density at radius 1 is 1.20 bits per heavy atom. The molecule has 1 saturated carbocycles. The number of hydrogen-bond donors (Lipinski definition) is 2. The van der Waals surface area contributed by atoms with Crippen LogP contribution >= 0.6 is 11.3 Å². The summed E-state index contributed by atoms with van der Waals surface area (Å²) >= 11 is 1.49. The van der Waals surface area contributed by atoms with Gasteiger partial charge in [-0.3, -0.25) is 9.59 Å². The molecule has 1 saturated heterocycles. The second-order valence-corrected chi connectivity index (χ2v) is 13.2. The number of allylic oxidation sites excluding steroid dienone is 3. The van der Waals surface area contributed by atoms with Crippen molar-refractivity contribution in [3.8, 4) is 0 Å². The lowest BCUT2D eigenvalue weighted by atomic mass is 9.67. The fraction of sp³-hybridized carbons (Fsp3) is 0.710. The summed E-state index contributed by atoms with van der Waals surface area (Å²) in [4.78, 5) is 33.1. The number of nitrogens with two attached hydrogens (primary N) is 1. The van der Waals surface area contributed by atoms with E-state index >= 15 is 0 Å². The number of hydrogen-bond acceptors (Lipinski definition) is 10. The molecule has 4 aliphatic rings. The van der Waals surface area contributed by atoms with Gasteiger partial charge in [0.15, 0.2) is 16.7 Å². The van der Waals surface area contributed by atoms with Gasteiger partial charge in [-0.05, 0) is 62.9 Å². The number of thiazole rings is 1. The number of nitrogens with zero attached hydrogens (tertiary/aromatic N) is 1. The number of cyclic esters (lactones) is 1. The fourth-order valence-electron chi connectivity index (χ4n) is 7.65. The fourth-order valence-corrected chi connectivity index (χ4v) is 8.73. The number of carbonyl (C=O) groups is 2. The summed E-state index contributed by atoms with van der Waals surface area (Å²) in [5.74, 6) is 0.401. The number of esters is 1. The molecule has 2 fully saturated rings. The average molecular weight is 589 g/mol. The number of ether oxygens (including phenoxy) is 4. The number of carbonyl (C=O) groups excluding carboxylic acids is 2. The Morgan fingerprint density at radius 3 is 2.66 bits per heavy atom. The third-order valence-corrected chi connectivity index (χ3v) is 10.8. The first kappa shape index (κ1) is 30.0. The molecule has 1 aromatic heterocycles. The van der Waals surface area contributed by atoms with Crippen LogP contribution < -0.4 is 5.73 Å². The van der Waals surface area contributed by atoms with Gasteiger partial charge in [0.1, 0.15) is 11.9 Å². The van der Waals surface area contributed by atoms with Crippen molar-refractivity contribution >= 4 is 28.2 Å². The molecule has 9 atom stereocenters. The minimum Gasteiger partial charge on any atom is -0.498 e. The molecular formula is C31H44N2O7S. The predicted molar refractivity (Wildman–Crippen MR) is 155 cm³/mol. The monoisotopic (exact) mass is 588 g/mol. The largest absolute Gasteiger partial charge is 0.498 e. The SMILES string of the molecule is CC[C@H]1CCCC[C@@H](C)C(=O)C2=CC3C(c4nc(N)sc4C4C[C@@H](O[C@H](O)/C(OC)=C(/C)OC)C[C@H]43)[C@@H]2CC(=O)O1. The quantitative estimate of drug-likeness (QED) is 0.261. The molecule has 1 aromatic rings. The van der Waals surface area contributed by atoms with Crippen LogP contribution in [0.3, 0.4) is 0 Å². The maximum Gasteiger partial charge on any atom is 0.306 e. The number of nitrogen functional groups attached to an aromatic ring is 1. The highest BCUT2D eigenvalue weighted by Gasteiger charge is 2.55. The molecule has 0 bridgehead atoms. The van der Waals surface area contributed by atoms with E-state index in [2.05, 4.69) is 13.0 Å². The molecule has 3 unspecified atom stereocenters. The number of anilines is 1. The van der Waals surface area contributed by atoms with Crippen LogP contribution in [-0.2, 0) is 28.5 Å². The Balaban J connectivity index is 1.48. The van der Waals surface area contributed by atoms with Crippen LogP contribution in [0.25, 0.3) is 0 Å². The third-order valence-electron chi connectivity index (χ3n) is 9.74. The summed E-state index contributed by atoms with van der Waals surface area (Å²) < 4.78 is 22.7. The molecule has 9 nitrogen and oxygen atoms in total. The number of rotatable bonds is 6. The van der Waals surface area contributed by atoms with Crippen molar-refractivity contribution in [2.45, 2.75) is 102 Å². The molecule has 0 spiro atoms. The van der Waals surface area contributed by atoms with E-state index < -0.39 is 6.29 Å². The van der Waals surface area contributed by atoms with Gasteiger partial charge < -0.3 is 29.8 Å². The number of methoxy groups -OCH3 is 2. The average Bonchev–Trinajstić information content (AvgIpc) is 3.64. The number of aliphatic hydroxyl groups is 1. The summed E-state index contributed by atoms with van der Waals surface area (Å²) in [5.41, 5.74) is 7.95. The summed E-state index contributed by atoms with van der Waals surface area (Å²) in [6.07, 6.45) is 6.44. The van der Waals surface area contributed by atoms with E-state index in [0.717, 1.165) is 48.2 Å². The minimum absolute atomic E-state index is 0.0222. The third kappa shape index (κ3) is 5.79. The first-order chi connectivity index (χ1) is 19.7. The van der Waals surface area contributed by atoms with Gasteiger partial charge in [0.05, 0.1) is 32.4 Å². The van der Waals surface area contributed by atoms with E-state index in [9.17, 15) is 14.7 Å². The van der Waals surface area contributed by atoms with Crippen molar-refractivity contribution in [3.63, 3.8) is 0 Å². The highest BCUT2D eigenvalue weighted by molar-refractivity contribution is 7.15. The second kappa shape index (κ2) is 12.4. The number of aromatic nitrogens is 1. The van der Waals surface area contributed by atoms with Crippen molar-refractivity contribution < 1.29 is 33.6 Å². The van der Waals surface area contributed by atoms with Gasteiger partial charge in [0.2, 0.25) is 6.29 Å². The van der Waals surface area contributed by atoms with Gasteiger partial charge in [0, 0.05) is 28.5 Å². The van der Waals surface area contributed by atoms with E-state index in [1.165, 1.54) is 25.6 Å². The lowest BCUT2D eigenvalue weighted by Gasteiger charge is -2.37. The smallest absolute Gasteiger partial charge is 0.306 e. The van der Waals surface area contributed by atoms with Gasteiger partial charge in [0.25, 0.3) is 0 Å². The van der Waals surface area contributed by atoms with Gasteiger partial charge in [-0.2, -0.15) is 0 Å². The molecule has 10 heteroatoms. The van der Waals surface area contributed by atoms with E-state index in [-0.39, 0.29) is 71.6 Å². The van der Waals surface area contributed by atoms with Crippen LogP contribution in [-0.4, -0.2) is 54.6 Å². The standard InChI is InChI=1S/C31H44N2O7S/c1-6-17-10-8-7-9-15(2)27(35)22-13-20-19-11-18(40-30(36)28(38-5)16(3)37-4)12-23(19)29-26(33-31(32)41-29)25(20)21(22)14-24(34)39-17/h13,15,17-21,23,25,30,36H,6-12,14H2,1-5H3,(H2,32,33)/b28-16+/t15-,17+,18+,19+,20?,21-,23?,25?,30+/m1/s1. The van der Waals surface area contributed by atoms with Crippen LogP contribution in [0.2, 0.25) is 0 Å². The molecule has 2 heterocycles. The van der Waals surface area contributed by atoms with Gasteiger partial charge in [-0.25, -0.2) is 4.98 Å². The van der Waals surface area contributed by atoms with Gasteiger partial charge >= 0.3 is 5.97 Å². The van der Waals surface area contributed by atoms with Gasteiger partial charge in [-0.15, -0.1) is 11.3 Å². The first-order valence-corrected chi connectivity index (χ1v) is 15.8. The van der Waals surface area contributed by atoms with Crippen molar-refractivity contribution in [2.75, 3.05) is 20.0 Å². The van der Waals surface area contributed by atoms with Crippen LogP contribution in [0.15, 0.2) is 23.2 Å². The van der Waals surface area contributed by atoms with E-state index in [4.69, 9.17) is 29.7 Å². The lowest BCUT2D eigenvalue weighted by molar-refractivity contribution is -0.150. The summed E-state index contributed by atoms with van der Waals surface area (Å²) in [6, 6.07) is 0. The van der Waals surface area contributed by atoms with Crippen molar-refractivity contribution in [1.82, 2.24) is 4.98 Å². The minimum atomic E-state index is -1.26.